The Bertz CT molecular complexity index is 1340. The van der Waals surface area contributed by atoms with E-state index in [0.717, 1.165) is 22.6 Å². The molecule has 1 aliphatic heterocycles. The molecule has 0 saturated carbocycles. The molecule has 0 unspecified atom stereocenters. The molecule has 1 N–H and O–H groups in total. The van der Waals surface area contributed by atoms with Crippen molar-refractivity contribution in [3.63, 3.8) is 0 Å². The molecule has 2 heterocycles. The lowest BCUT2D eigenvalue weighted by atomic mass is 10.1. The van der Waals surface area contributed by atoms with Gasteiger partial charge in [0.25, 0.3) is 0 Å². The number of thioether (sulfide) groups is 1. The van der Waals surface area contributed by atoms with E-state index < -0.39 is 0 Å². The normalized spacial score (nSPS) is 11.9. The fourth-order valence-corrected chi connectivity index (χ4v) is 4.35. The predicted molar refractivity (Wildman–Crippen MR) is 130 cm³/mol. The highest BCUT2D eigenvalue weighted by molar-refractivity contribution is 7.99. The Morgan fingerprint density at radius 1 is 1.06 bits per heavy atom. The highest BCUT2D eigenvalue weighted by Crippen LogP contribution is 2.34. The smallest absolute Gasteiger partial charge is 0.234 e. The van der Waals surface area contributed by atoms with E-state index in [0.29, 0.717) is 28.2 Å². The number of nitrogens with zero attached hydrogens (tertiary/aromatic N) is 3. The monoisotopic (exact) mass is 474 g/mol. The summed E-state index contributed by atoms with van der Waals surface area (Å²) in [4.78, 5) is 12.7. The average Bonchev–Trinajstić information content (AvgIpc) is 3.49. The molecule has 0 saturated heterocycles. The quantitative estimate of drug-likeness (QED) is 0.388. The molecule has 5 rings (SSSR count). The number of methoxy groups -OCH3 is 1. The molecule has 9 heteroatoms. The van der Waals surface area contributed by atoms with Gasteiger partial charge in [0.1, 0.15) is 5.75 Å². The highest BCUT2D eigenvalue weighted by Gasteiger charge is 2.18. The van der Waals surface area contributed by atoms with E-state index >= 15 is 0 Å². The second-order valence-corrected chi connectivity index (χ2v) is 8.56. The molecule has 0 radical (unpaired) electrons. The van der Waals surface area contributed by atoms with Gasteiger partial charge in [0.15, 0.2) is 22.5 Å². The Hall–Kier alpha value is -3.98. The third-order valence-corrected chi connectivity index (χ3v) is 6.16. The van der Waals surface area contributed by atoms with Gasteiger partial charge in [-0.25, -0.2) is 0 Å². The standard InChI is InChI=1S/C25H22N4O4S/c1-16-4-3-5-17(12-16)24-27-28-25(29(24)19-7-9-20(31-2)10-8-19)34-14-23(30)26-18-6-11-21-22(13-18)33-15-32-21/h3-13H,14-15H2,1-2H3,(H,26,30). The summed E-state index contributed by atoms with van der Waals surface area (Å²) in [6.45, 7) is 2.22. The topological polar surface area (TPSA) is 87.5 Å². The number of nitrogens with one attached hydrogen (secondary N) is 1. The van der Waals surface area contributed by atoms with E-state index in [1.54, 1.807) is 25.3 Å². The van der Waals surface area contributed by atoms with Crippen LogP contribution in [0.1, 0.15) is 5.56 Å². The third-order valence-electron chi connectivity index (χ3n) is 5.23. The van der Waals surface area contributed by atoms with Crippen LogP contribution < -0.4 is 19.5 Å². The number of fused-ring (bicyclic) bond motifs is 1. The fourth-order valence-electron chi connectivity index (χ4n) is 3.60. The SMILES string of the molecule is COc1ccc(-n2c(SCC(=O)Nc3ccc4c(c3)OCO4)nnc2-c2cccc(C)c2)cc1. The van der Waals surface area contributed by atoms with Crippen LogP contribution in [-0.4, -0.2) is 40.3 Å². The van der Waals surface area contributed by atoms with Gasteiger partial charge < -0.3 is 19.5 Å². The van der Waals surface area contributed by atoms with E-state index in [2.05, 4.69) is 21.6 Å². The van der Waals surface area contributed by atoms with Crippen molar-refractivity contribution in [2.45, 2.75) is 12.1 Å². The summed E-state index contributed by atoms with van der Waals surface area (Å²) in [6.07, 6.45) is 0. The van der Waals surface area contributed by atoms with Crippen LogP contribution in [0.5, 0.6) is 17.2 Å². The van der Waals surface area contributed by atoms with Crippen molar-refractivity contribution < 1.29 is 19.0 Å². The van der Waals surface area contributed by atoms with Crippen LogP contribution in [0.3, 0.4) is 0 Å². The molecule has 172 valence electrons. The molecule has 0 bridgehead atoms. The van der Waals surface area contributed by atoms with Crippen molar-refractivity contribution in [3.8, 4) is 34.3 Å². The Kier molecular flexibility index (Phi) is 6.09. The van der Waals surface area contributed by atoms with E-state index in [1.165, 1.54) is 11.8 Å². The first-order chi connectivity index (χ1) is 16.6. The van der Waals surface area contributed by atoms with Gasteiger partial charge in [-0.3, -0.25) is 9.36 Å². The maximum absolute atomic E-state index is 12.7. The lowest BCUT2D eigenvalue weighted by Gasteiger charge is -2.12. The first-order valence-electron chi connectivity index (χ1n) is 10.6. The van der Waals surface area contributed by atoms with E-state index in [-0.39, 0.29) is 18.5 Å². The number of ether oxygens (including phenoxy) is 3. The van der Waals surface area contributed by atoms with Crippen molar-refractivity contribution in [2.24, 2.45) is 0 Å². The number of benzene rings is 3. The zero-order valence-corrected chi connectivity index (χ0v) is 19.5. The van der Waals surface area contributed by atoms with Crippen LogP contribution in [0.15, 0.2) is 71.9 Å². The minimum absolute atomic E-state index is 0.162. The molecule has 34 heavy (non-hydrogen) atoms. The number of rotatable bonds is 7. The number of aryl methyl sites for hydroxylation is 1. The largest absolute Gasteiger partial charge is 0.497 e. The lowest BCUT2D eigenvalue weighted by molar-refractivity contribution is -0.113. The molecule has 1 aliphatic rings. The zero-order valence-electron chi connectivity index (χ0n) is 18.6. The van der Waals surface area contributed by atoms with E-state index in [4.69, 9.17) is 14.2 Å². The minimum atomic E-state index is -0.162. The number of carbonyl (C=O) groups excluding carboxylic acids is 1. The molecule has 1 aromatic heterocycles. The number of carbonyl (C=O) groups is 1. The number of hydrogen-bond acceptors (Lipinski definition) is 7. The maximum Gasteiger partial charge on any atom is 0.234 e. The Labute approximate surface area is 200 Å². The van der Waals surface area contributed by atoms with E-state index in [9.17, 15) is 4.79 Å². The summed E-state index contributed by atoms with van der Waals surface area (Å²) in [5.41, 5.74) is 3.59. The van der Waals surface area contributed by atoms with Crippen LogP contribution in [0.2, 0.25) is 0 Å². The maximum atomic E-state index is 12.7. The van der Waals surface area contributed by atoms with Crippen molar-refractivity contribution >= 4 is 23.4 Å². The van der Waals surface area contributed by atoms with Crippen LogP contribution in [0, 0.1) is 6.92 Å². The summed E-state index contributed by atoms with van der Waals surface area (Å²) in [5.74, 6) is 2.75. The molecule has 4 aromatic rings. The Balaban J connectivity index is 1.39. The van der Waals surface area contributed by atoms with E-state index in [1.807, 2.05) is 54.0 Å². The van der Waals surface area contributed by atoms with Gasteiger partial charge >= 0.3 is 0 Å². The first kappa shape index (κ1) is 21.8. The number of aromatic nitrogens is 3. The van der Waals surface area contributed by atoms with Crippen molar-refractivity contribution in [1.29, 1.82) is 0 Å². The summed E-state index contributed by atoms with van der Waals surface area (Å²) in [6, 6.07) is 21.0. The van der Waals surface area contributed by atoms with Crippen LogP contribution in [0.25, 0.3) is 17.1 Å². The molecular weight excluding hydrogens is 452 g/mol. The third kappa shape index (κ3) is 4.55. The number of anilines is 1. The molecule has 0 atom stereocenters. The fraction of sp³-hybridized carbons (Fsp3) is 0.160. The number of hydrogen-bond donors (Lipinski definition) is 1. The minimum Gasteiger partial charge on any atom is -0.497 e. The summed E-state index contributed by atoms with van der Waals surface area (Å²) in [7, 11) is 1.63. The van der Waals surface area contributed by atoms with Gasteiger partial charge in [-0.05, 0) is 49.4 Å². The number of amides is 1. The Morgan fingerprint density at radius 2 is 1.88 bits per heavy atom. The van der Waals surface area contributed by atoms with Gasteiger partial charge in [-0.2, -0.15) is 0 Å². The molecule has 8 nitrogen and oxygen atoms in total. The summed E-state index contributed by atoms with van der Waals surface area (Å²) >= 11 is 1.31. The van der Waals surface area contributed by atoms with Gasteiger partial charge in [0.05, 0.1) is 12.9 Å². The van der Waals surface area contributed by atoms with Crippen molar-refractivity contribution in [2.75, 3.05) is 25.0 Å². The molecule has 3 aromatic carbocycles. The summed E-state index contributed by atoms with van der Waals surface area (Å²) in [5, 5.41) is 12.3. The molecule has 0 fully saturated rings. The van der Waals surface area contributed by atoms with Gasteiger partial charge in [-0.15, -0.1) is 10.2 Å². The average molecular weight is 475 g/mol. The van der Waals surface area contributed by atoms with Crippen LogP contribution >= 0.6 is 11.8 Å². The van der Waals surface area contributed by atoms with Gasteiger partial charge in [-0.1, -0.05) is 35.5 Å². The molecule has 0 aliphatic carbocycles. The second kappa shape index (κ2) is 9.48. The molecular formula is C25H22N4O4S. The second-order valence-electron chi connectivity index (χ2n) is 7.61. The van der Waals surface area contributed by atoms with Gasteiger partial charge in [0.2, 0.25) is 12.7 Å². The highest BCUT2D eigenvalue weighted by atomic mass is 32.2. The molecule has 1 amide bonds. The zero-order chi connectivity index (χ0) is 23.5. The first-order valence-corrected chi connectivity index (χ1v) is 11.6. The summed E-state index contributed by atoms with van der Waals surface area (Å²) < 4.78 is 17.9. The van der Waals surface area contributed by atoms with Crippen LogP contribution in [0.4, 0.5) is 5.69 Å². The predicted octanol–water partition coefficient (Wildman–Crippen LogP) is 4.71. The van der Waals surface area contributed by atoms with Crippen molar-refractivity contribution in [3.05, 3.63) is 72.3 Å². The van der Waals surface area contributed by atoms with Crippen LogP contribution in [-0.2, 0) is 4.79 Å². The molecule has 0 spiro atoms. The lowest BCUT2D eigenvalue weighted by Crippen LogP contribution is -2.14. The Morgan fingerprint density at radius 3 is 2.68 bits per heavy atom. The van der Waals surface area contributed by atoms with Crippen molar-refractivity contribution in [1.82, 2.24) is 14.8 Å². The van der Waals surface area contributed by atoms with Gasteiger partial charge in [0, 0.05) is 23.0 Å².